The van der Waals surface area contributed by atoms with Crippen LogP contribution in [0.15, 0.2) is 90.0 Å². The molecule has 2 heterocycles. The van der Waals surface area contributed by atoms with Gasteiger partial charge in [-0.3, -0.25) is 38.5 Å². The molecule has 4 amide bonds. The molecule has 30 nitrogen and oxygen atoms in total. The number of imide groups is 1. The number of halogens is 3. The summed E-state index contributed by atoms with van der Waals surface area (Å²) >= 11 is 0. The van der Waals surface area contributed by atoms with Crippen LogP contribution in [0.2, 0.25) is 0 Å². The molecular weight excluding hydrogens is 1440 g/mol. The minimum atomic E-state index is -4.94. The molecule has 109 heavy (non-hydrogen) atoms. The maximum Gasteiger partial charge on any atom is 0.417 e. The number of nitrogens with one attached hydrogen (secondary N) is 1. The summed E-state index contributed by atoms with van der Waals surface area (Å²) in [4.78, 5) is 152. The van der Waals surface area contributed by atoms with E-state index in [1.54, 1.807) is 57.2 Å². The summed E-state index contributed by atoms with van der Waals surface area (Å²) in [6.45, 7) is 12.9. The SMILES string of the molecule is CC(=O)O[C@@]12COC1C[C@H](O)[C@@]1(C)C(=O)[C@H](OC(=O)CCC(=O)OCCOCCOCCOCCOC(=O)CCC(=O)OCC#CCN3C(=O)N(c4ccc(C#N)c(C(F)(F)F)c4)C(=O)C3(C)C)C3=C(C)[C@@H](OC(=O)[C@H](O)[C@@H](NC(=O)OC(C)(C)C)c4ccccc4)C[C@@](O)([C@@H](OC(=O)c4ccccc4)[C@@H]12)C3(C)C. The van der Waals surface area contributed by atoms with Gasteiger partial charge < -0.3 is 77.5 Å². The maximum absolute atomic E-state index is 16.1. The number of anilines is 1. The van der Waals surface area contributed by atoms with Crippen molar-refractivity contribution in [1.82, 2.24) is 10.2 Å². The summed E-state index contributed by atoms with van der Waals surface area (Å²) < 4.78 is 109. The topological polar surface area (TPSA) is 402 Å². The standard InChI is InChI=1S/C76H89F3N4O26/c1-44-51(105-66(93)60(90)59(46-19-13-11-14-20-46)81-68(95)109-70(3,4)5)41-75(97)64(107-65(92)47-21-15-12-16-22-47)62-73(10,52(85)40-53-74(62,43-104-53)108-45(2)84)63(91)61(58(44)71(75,6)7)106-57(89)28-27-56(88)103-38-36-100-34-32-98-31-33-99-35-37-102-55(87)26-25-54(86)101-30-18-17-29-82-69(96)83(67(94)72(82,8)9)49-24-23-48(42-80)50(39-49)76(77,78)79/h11-16,19-24,39,51-53,59-62,64,85,90,97H,25-38,40-41,43H2,1-10H3,(H,81,95)/t51-,52-,53?,59-,60+,61+,62-,64-,73+,74-,75+/m0/s1. The Morgan fingerprint density at radius 2 is 1.30 bits per heavy atom. The van der Waals surface area contributed by atoms with Crippen molar-refractivity contribution >= 4 is 71.3 Å². The van der Waals surface area contributed by atoms with Crippen LogP contribution < -0.4 is 10.2 Å². The van der Waals surface area contributed by atoms with Crippen molar-refractivity contribution in [2.24, 2.45) is 16.7 Å². The molecule has 0 radical (unpaired) electrons. The number of aliphatic hydroxyl groups is 3. The summed E-state index contributed by atoms with van der Waals surface area (Å²) in [5.41, 5.74) is -13.5. The number of fused-ring (bicyclic) bond motifs is 5. The zero-order chi connectivity index (χ0) is 80.2. The highest BCUT2D eigenvalue weighted by molar-refractivity contribution is 6.23. The average molecular weight is 1530 g/mol. The third kappa shape index (κ3) is 19.2. The number of esters is 7. The van der Waals surface area contributed by atoms with Gasteiger partial charge in [-0.05, 0) is 95.5 Å². The number of carbonyl (C=O) groups is 11. The number of urea groups is 1. The first-order valence-electron chi connectivity index (χ1n) is 35.0. The molecule has 3 aliphatic carbocycles. The van der Waals surface area contributed by atoms with Crippen molar-refractivity contribution in [3.63, 3.8) is 0 Å². The van der Waals surface area contributed by atoms with Crippen molar-refractivity contribution in [3.8, 4) is 17.9 Å². The molecule has 0 spiro atoms. The Balaban J connectivity index is 0.813. The van der Waals surface area contributed by atoms with Gasteiger partial charge in [0, 0.05) is 25.2 Å². The Hall–Kier alpha value is -9.87. The molecule has 4 N–H and O–H groups in total. The fourth-order valence-corrected chi connectivity index (χ4v) is 14.1. The lowest BCUT2D eigenvalue weighted by atomic mass is 9.44. The lowest BCUT2D eigenvalue weighted by Crippen LogP contribution is -2.82. The number of nitriles is 1. The summed E-state index contributed by atoms with van der Waals surface area (Å²) in [5.74, 6) is -5.33. The maximum atomic E-state index is 16.1. The van der Waals surface area contributed by atoms with Crippen molar-refractivity contribution in [1.29, 1.82) is 5.26 Å². The number of hydrogen-bond acceptors (Lipinski definition) is 27. The van der Waals surface area contributed by atoms with Gasteiger partial charge in [-0.2, -0.15) is 18.4 Å². The zero-order valence-electron chi connectivity index (χ0n) is 61.9. The van der Waals surface area contributed by atoms with E-state index in [4.69, 9.17) is 62.1 Å². The summed E-state index contributed by atoms with van der Waals surface area (Å²) in [6.07, 6.45) is -19.8. The number of alkyl carbamates (subject to hydrolysis) is 1. The Bertz CT molecular complexity index is 4050. The number of hydrogen-bond donors (Lipinski definition) is 4. The fourth-order valence-electron chi connectivity index (χ4n) is 14.1. The number of benzene rings is 3. The van der Waals surface area contributed by atoms with Gasteiger partial charge in [0.1, 0.15) is 48.3 Å². The van der Waals surface area contributed by atoms with Crippen LogP contribution in [0.4, 0.5) is 28.4 Å². The molecule has 590 valence electrons. The molecule has 2 bridgehead atoms. The van der Waals surface area contributed by atoms with Gasteiger partial charge in [0.05, 0.1) is 130 Å². The molecule has 2 aliphatic heterocycles. The first kappa shape index (κ1) is 84.7. The van der Waals surface area contributed by atoms with E-state index >= 15 is 4.79 Å². The lowest BCUT2D eigenvalue weighted by molar-refractivity contribution is -0.346. The highest BCUT2D eigenvalue weighted by atomic mass is 19.4. The molecule has 11 atom stereocenters. The van der Waals surface area contributed by atoms with Gasteiger partial charge in [-0.15, -0.1) is 0 Å². The van der Waals surface area contributed by atoms with Gasteiger partial charge in [-0.25, -0.2) is 24.1 Å². The molecular formula is C76H89F3N4O26. The largest absolute Gasteiger partial charge is 0.463 e. The van der Waals surface area contributed by atoms with Gasteiger partial charge in [0.15, 0.2) is 30.2 Å². The van der Waals surface area contributed by atoms with Crippen molar-refractivity contribution in [2.45, 2.75) is 179 Å². The number of ether oxygens (including phenoxy) is 12. The summed E-state index contributed by atoms with van der Waals surface area (Å²) in [7, 11) is 0. The predicted octanol–water partition coefficient (Wildman–Crippen LogP) is 6.19. The molecule has 2 saturated carbocycles. The minimum absolute atomic E-state index is 0.0145. The first-order chi connectivity index (χ1) is 51.2. The lowest BCUT2D eigenvalue weighted by Gasteiger charge is -2.67. The Labute approximate surface area is 625 Å². The molecule has 5 aliphatic rings. The third-order valence-corrected chi connectivity index (χ3v) is 19.8. The minimum Gasteiger partial charge on any atom is -0.463 e. The molecule has 2 saturated heterocycles. The normalized spacial score (nSPS) is 24.4. The number of Topliss-reactive ketones (excluding diaryl/α,β-unsaturated/α-hetero) is 1. The van der Waals surface area contributed by atoms with E-state index in [9.17, 15) is 76.4 Å². The molecule has 8 rings (SSSR count). The third-order valence-electron chi connectivity index (χ3n) is 19.8. The van der Waals surface area contributed by atoms with Crippen LogP contribution in [0, 0.1) is 39.9 Å². The number of rotatable bonds is 30. The van der Waals surface area contributed by atoms with E-state index in [1.807, 2.05) is 0 Å². The van der Waals surface area contributed by atoms with Gasteiger partial charge >= 0.3 is 60.1 Å². The number of ketones is 1. The average Bonchev–Trinajstić information content (AvgIpc) is 1.13. The summed E-state index contributed by atoms with van der Waals surface area (Å²) in [5, 5.41) is 50.0. The fraction of sp³-hybridized carbons (Fsp3) is 0.553. The van der Waals surface area contributed by atoms with Crippen LogP contribution in [-0.4, -0.2) is 217 Å². The van der Waals surface area contributed by atoms with Crippen LogP contribution in [0.3, 0.4) is 0 Å². The van der Waals surface area contributed by atoms with E-state index in [2.05, 4.69) is 17.2 Å². The van der Waals surface area contributed by atoms with Crippen LogP contribution in [-0.2, 0) is 101 Å². The van der Waals surface area contributed by atoms with Gasteiger partial charge in [-0.1, -0.05) is 74.2 Å². The second-order valence-corrected chi connectivity index (χ2v) is 28.7. The van der Waals surface area contributed by atoms with E-state index in [-0.39, 0.29) is 107 Å². The number of aliphatic hydroxyl groups excluding tert-OH is 2. The highest BCUT2D eigenvalue weighted by Gasteiger charge is 2.78. The summed E-state index contributed by atoms with van der Waals surface area (Å²) in [6, 6.07) is 16.9. The number of alkyl halides is 3. The van der Waals surface area contributed by atoms with E-state index < -0.39 is 197 Å². The van der Waals surface area contributed by atoms with E-state index in [0.29, 0.717) is 11.0 Å². The molecule has 1 unspecified atom stereocenters. The van der Waals surface area contributed by atoms with Crippen LogP contribution in [0.25, 0.3) is 0 Å². The first-order valence-corrected chi connectivity index (χ1v) is 35.0. The molecule has 3 aromatic rings. The Kier molecular flexibility index (Phi) is 27.4. The smallest absolute Gasteiger partial charge is 0.417 e. The van der Waals surface area contributed by atoms with Crippen LogP contribution in [0.5, 0.6) is 0 Å². The van der Waals surface area contributed by atoms with E-state index in [0.717, 1.165) is 24.0 Å². The highest BCUT2D eigenvalue weighted by Crippen LogP contribution is 2.65. The van der Waals surface area contributed by atoms with E-state index in [1.165, 1.54) is 71.9 Å². The molecule has 0 aromatic heterocycles. The predicted molar refractivity (Wildman–Crippen MR) is 369 cm³/mol. The monoisotopic (exact) mass is 1530 g/mol. The number of nitrogens with zero attached hydrogens (tertiary/aromatic N) is 3. The Morgan fingerprint density at radius 3 is 1.84 bits per heavy atom. The van der Waals surface area contributed by atoms with Crippen LogP contribution >= 0.6 is 0 Å². The molecule has 33 heteroatoms. The van der Waals surface area contributed by atoms with Gasteiger partial charge in [0.25, 0.3) is 5.91 Å². The zero-order valence-corrected chi connectivity index (χ0v) is 61.9. The quantitative estimate of drug-likeness (QED) is 0.0144. The Morgan fingerprint density at radius 1 is 0.743 bits per heavy atom. The molecule has 3 aromatic carbocycles. The van der Waals surface area contributed by atoms with Gasteiger partial charge in [0.2, 0.25) is 0 Å². The second-order valence-electron chi connectivity index (χ2n) is 28.7. The van der Waals surface area contributed by atoms with Crippen molar-refractivity contribution in [2.75, 3.05) is 77.5 Å². The number of amides is 4. The number of carbonyl (C=O) groups excluding carboxylic acids is 11. The van der Waals surface area contributed by atoms with Crippen LogP contribution in [0.1, 0.15) is 141 Å². The molecule has 4 fully saturated rings. The van der Waals surface area contributed by atoms with Crippen molar-refractivity contribution in [3.05, 3.63) is 112 Å². The second kappa shape index (κ2) is 35.2. The van der Waals surface area contributed by atoms with Crippen molar-refractivity contribution < 1.29 is 138 Å².